The molecule has 0 spiro atoms. The van der Waals surface area contributed by atoms with E-state index in [-0.39, 0.29) is 0 Å². The van der Waals surface area contributed by atoms with Gasteiger partial charge in [-0.2, -0.15) is 0 Å². The SMILES string of the molecule is CCn1c(Sc2ncnc3ccccc23)nc2ccccc21. The lowest BCUT2D eigenvalue weighted by Crippen LogP contribution is -1.96. The highest BCUT2D eigenvalue weighted by Gasteiger charge is 2.13. The van der Waals surface area contributed by atoms with Crippen LogP contribution in [0, 0.1) is 0 Å². The molecule has 0 amide bonds. The number of hydrogen-bond donors (Lipinski definition) is 0. The Labute approximate surface area is 132 Å². The van der Waals surface area contributed by atoms with Crippen LogP contribution in [-0.4, -0.2) is 19.5 Å². The van der Waals surface area contributed by atoms with Crippen molar-refractivity contribution in [1.29, 1.82) is 0 Å². The fourth-order valence-electron chi connectivity index (χ4n) is 2.58. The Morgan fingerprint density at radius 3 is 2.59 bits per heavy atom. The molecule has 4 aromatic rings. The monoisotopic (exact) mass is 306 g/mol. The largest absolute Gasteiger partial charge is 0.319 e. The van der Waals surface area contributed by atoms with Crippen molar-refractivity contribution in [3.8, 4) is 0 Å². The zero-order valence-corrected chi connectivity index (χ0v) is 12.9. The van der Waals surface area contributed by atoms with Gasteiger partial charge in [-0.1, -0.05) is 30.3 Å². The van der Waals surface area contributed by atoms with Gasteiger partial charge in [0.15, 0.2) is 5.16 Å². The van der Waals surface area contributed by atoms with E-state index in [1.54, 1.807) is 18.1 Å². The number of fused-ring (bicyclic) bond motifs is 2. The van der Waals surface area contributed by atoms with Crippen molar-refractivity contribution in [3.05, 3.63) is 54.9 Å². The van der Waals surface area contributed by atoms with Crippen molar-refractivity contribution in [2.24, 2.45) is 0 Å². The number of aryl methyl sites for hydroxylation is 1. The molecule has 0 bridgehead atoms. The van der Waals surface area contributed by atoms with Crippen molar-refractivity contribution in [2.75, 3.05) is 0 Å². The number of rotatable bonds is 3. The summed E-state index contributed by atoms with van der Waals surface area (Å²) in [4.78, 5) is 13.5. The van der Waals surface area contributed by atoms with Crippen molar-refractivity contribution >= 4 is 33.7 Å². The summed E-state index contributed by atoms with van der Waals surface area (Å²) in [5, 5.41) is 2.97. The minimum atomic E-state index is 0.881. The first-order valence-electron chi connectivity index (χ1n) is 7.19. The van der Waals surface area contributed by atoms with E-state index >= 15 is 0 Å². The average Bonchev–Trinajstić information content (AvgIpc) is 2.92. The van der Waals surface area contributed by atoms with Crippen LogP contribution in [0.2, 0.25) is 0 Å². The Hall–Kier alpha value is -2.40. The summed E-state index contributed by atoms with van der Waals surface area (Å²) >= 11 is 1.59. The topological polar surface area (TPSA) is 43.6 Å². The molecule has 0 saturated heterocycles. The Balaban J connectivity index is 1.86. The smallest absolute Gasteiger partial charge is 0.175 e. The second-order valence-corrected chi connectivity index (χ2v) is 5.88. The molecule has 4 nitrogen and oxygen atoms in total. The minimum Gasteiger partial charge on any atom is -0.319 e. The summed E-state index contributed by atoms with van der Waals surface area (Å²) in [6, 6.07) is 16.3. The molecular formula is C17H14N4S. The summed E-state index contributed by atoms with van der Waals surface area (Å²) in [5.41, 5.74) is 3.13. The molecule has 0 aliphatic rings. The third kappa shape index (κ3) is 2.14. The van der Waals surface area contributed by atoms with Gasteiger partial charge in [-0.15, -0.1) is 0 Å². The number of imidazole rings is 1. The molecule has 2 aromatic heterocycles. The highest BCUT2D eigenvalue weighted by atomic mass is 32.2. The van der Waals surface area contributed by atoms with E-state index < -0.39 is 0 Å². The Morgan fingerprint density at radius 2 is 1.73 bits per heavy atom. The molecular weight excluding hydrogens is 292 g/mol. The first-order valence-corrected chi connectivity index (χ1v) is 8.01. The first-order chi connectivity index (χ1) is 10.9. The van der Waals surface area contributed by atoms with E-state index in [4.69, 9.17) is 4.98 Å². The summed E-state index contributed by atoms with van der Waals surface area (Å²) in [5.74, 6) is 0. The Morgan fingerprint density at radius 1 is 0.955 bits per heavy atom. The quantitative estimate of drug-likeness (QED) is 0.533. The fraction of sp³-hybridized carbons (Fsp3) is 0.118. The molecule has 0 saturated carbocycles. The molecule has 5 heteroatoms. The predicted molar refractivity (Wildman–Crippen MR) is 89.1 cm³/mol. The molecule has 0 aliphatic heterocycles. The first kappa shape index (κ1) is 13.3. The summed E-state index contributed by atoms with van der Waals surface area (Å²) in [6.07, 6.45) is 1.61. The highest BCUT2D eigenvalue weighted by Crippen LogP contribution is 2.32. The molecule has 0 unspecified atom stereocenters. The van der Waals surface area contributed by atoms with Crippen molar-refractivity contribution in [1.82, 2.24) is 19.5 Å². The second-order valence-electron chi connectivity index (χ2n) is 4.93. The van der Waals surface area contributed by atoms with Crippen LogP contribution in [0.5, 0.6) is 0 Å². The van der Waals surface area contributed by atoms with Crippen molar-refractivity contribution in [2.45, 2.75) is 23.7 Å². The second kappa shape index (κ2) is 5.42. The lowest BCUT2D eigenvalue weighted by atomic mass is 10.2. The standard InChI is InChI=1S/C17H14N4S/c1-2-21-15-10-6-5-9-14(15)20-17(21)22-16-12-7-3-4-8-13(12)18-11-19-16/h3-11H,2H2,1H3. The van der Waals surface area contributed by atoms with Crippen molar-refractivity contribution < 1.29 is 0 Å². The van der Waals surface area contributed by atoms with Gasteiger partial charge in [0.2, 0.25) is 0 Å². The predicted octanol–water partition coefficient (Wildman–Crippen LogP) is 4.15. The van der Waals surface area contributed by atoms with E-state index in [2.05, 4.69) is 33.6 Å². The van der Waals surface area contributed by atoms with Gasteiger partial charge in [-0.25, -0.2) is 15.0 Å². The van der Waals surface area contributed by atoms with Gasteiger partial charge in [0.05, 0.1) is 16.6 Å². The minimum absolute atomic E-state index is 0.881. The zero-order chi connectivity index (χ0) is 14.9. The molecule has 108 valence electrons. The number of hydrogen-bond acceptors (Lipinski definition) is 4. The van der Waals surface area contributed by atoms with Gasteiger partial charge in [0.25, 0.3) is 0 Å². The van der Waals surface area contributed by atoms with Crippen molar-refractivity contribution in [3.63, 3.8) is 0 Å². The van der Waals surface area contributed by atoms with Crippen LogP contribution in [0.1, 0.15) is 6.92 Å². The van der Waals surface area contributed by atoms with Gasteiger partial charge >= 0.3 is 0 Å². The average molecular weight is 306 g/mol. The van der Waals surface area contributed by atoms with Crippen LogP contribution in [0.4, 0.5) is 0 Å². The maximum atomic E-state index is 4.75. The maximum absolute atomic E-state index is 4.75. The Kier molecular flexibility index (Phi) is 3.27. The molecule has 0 aliphatic carbocycles. The van der Waals surface area contributed by atoms with Gasteiger partial charge < -0.3 is 4.57 Å². The lowest BCUT2D eigenvalue weighted by Gasteiger charge is -2.06. The molecule has 2 heterocycles. The number of benzene rings is 2. The van der Waals surface area contributed by atoms with Crippen LogP contribution in [0.15, 0.2) is 65.0 Å². The van der Waals surface area contributed by atoms with Gasteiger partial charge in [0.1, 0.15) is 11.4 Å². The fourth-order valence-corrected chi connectivity index (χ4v) is 3.62. The molecule has 4 rings (SSSR count). The molecule has 2 aromatic carbocycles. The van der Waals surface area contributed by atoms with Gasteiger partial charge in [-0.05, 0) is 36.9 Å². The molecule has 0 N–H and O–H groups in total. The number of aromatic nitrogens is 4. The van der Waals surface area contributed by atoms with Gasteiger partial charge in [-0.3, -0.25) is 0 Å². The molecule has 0 fully saturated rings. The van der Waals surface area contributed by atoms with Crippen LogP contribution in [0.25, 0.3) is 21.9 Å². The maximum Gasteiger partial charge on any atom is 0.175 e. The molecule has 0 atom stereocenters. The molecule has 22 heavy (non-hydrogen) atoms. The van der Waals surface area contributed by atoms with Crippen LogP contribution < -0.4 is 0 Å². The summed E-state index contributed by atoms with van der Waals surface area (Å²) in [6.45, 7) is 3.02. The highest BCUT2D eigenvalue weighted by molar-refractivity contribution is 7.99. The number of para-hydroxylation sites is 3. The lowest BCUT2D eigenvalue weighted by molar-refractivity contribution is 0.702. The van der Waals surface area contributed by atoms with E-state index in [0.29, 0.717) is 0 Å². The third-order valence-corrected chi connectivity index (χ3v) is 4.64. The zero-order valence-electron chi connectivity index (χ0n) is 12.1. The van der Waals surface area contributed by atoms with Crippen LogP contribution >= 0.6 is 11.8 Å². The van der Waals surface area contributed by atoms with E-state index in [0.717, 1.165) is 38.7 Å². The summed E-state index contributed by atoms with van der Waals surface area (Å²) < 4.78 is 2.22. The van der Waals surface area contributed by atoms with Crippen LogP contribution in [0.3, 0.4) is 0 Å². The summed E-state index contributed by atoms with van der Waals surface area (Å²) in [7, 11) is 0. The molecule has 0 radical (unpaired) electrons. The normalized spacial score (nSPS) is 11.3. The van der Waals surface area contributed by atoms with E-state index in [1.807, 2.05) is 36.4 Å². The Bertz CT molecular complexity index is 956. The van der Waals surface area contributed by atoms with E-state index in [1.165, 1.54) is 0 Å². The number of nitrogens with zero attached hydrogens (tertiary/aromatic N) is 4. The van der Waals surface area contributed by atoms with Gasteiger partial charge in [0, 0.05) is 11.9 Å². The van der Waals surface area contributed by atoms with E-state index in [9.17, 15) is 0 Å². The van der Waals surface area contributed by atoms with Crippen LogP contribution in [-0.2, 0) is 6.54 Å². The third-order valence-electron chi connectivity index (χ3n) is 3.63.